The Hall–Kier alpha value is -2.86. The highest BCUT2D eigenvalue weighted by Crippen LogP contribution is 2.28. The van der Waals surface area contributed by atoms with Gasteiger partial charge in [-0.05, 0) is 56.7 Å². The molecule has 0 bridgehead atoms. The normalized spacial score (nSPS) is 14.8. The Bertz CT molecular complexity index is 981. The van der Waals surface area contributed by atoms with Crippen LogP contribution in [0.3, 0.4) is 0 Å². The van der Waals surface area contributed by atoms with Crippen LogP contribution >= 0.6 is 0 Å². The number of rotatable bonds is 9. The number of ether oxygens (including phenoxy) is 1. The van der Waals surface area contributed by atoms with Crippen molar-refractivity contribution < 1.29 is 13.9 Å². The topological polar surface area (TPSA) is 60.5 Å². The van der Waals surface area contributed by atoms with E-state index in [-0.39, 0.29) is 5.91 Å². The van der Waals surface area contributed by atoms with E-state index in [0.29, 0.717) is 18.3 Å². The molecule has 6 heteroatoms. The number of unbranched alkanes of at least 4 members (excludes halogenated alkanes) is 1. The zero-order chi connectivity index (χ0) is 22.3. The number of carbonyl (C=O) groups excluding carboxylic acids is 1. The van der Waals surface area contributed by atoms with E-state index in [2.05, 4.69) is 27.9 Å². The van der Waals surface area contributed by atoms with Gasteiger partial charge in [-0.15, -0.1) is 0 Å². The number of aromatic nitrogens is 2. The number of furan rings is 1. The monoisotopic (exact) mass is 435 g/mol. The van der Waals surface area contributed by atoms with E-state index in [9.17, 15) is 4.79 Å². The number of carbonyl (C=O) groups is 1. The van der Waals surface area contributed by atoms with Crippen LogP contribution < -0.4 is 0 Å². The highest BCUT2D eigenvalue weighted by molar-refractivity contribution is 5.91. The van der Waals surface area contributed by atoms with Crippen molar-refractivity contribution in [3.8, 4) is 0 Å². The fourth-order valence-corrected chi connectivity index (χ4v) is 4.30. The first kappa shape index (κ1) is 22.3. The fraction of sp³-hybridized carbons (Fsp3) is 0.462. The average Bonchev–Trinajstić information content (AvgIpc) is 3.42. The summed E-state index contributed by atoms with van der Waals surface area (Å²) in [6.45, 7) is 7.74. The average molecular weight is 436 g/mol. The van der Waals surface area contributed by atoms with Gasteiger partial charge in [-0.25, -0.2) is 4.98 Å². The molecule has 0 saturated carbocycles. The molecule has 0 N–H and O–H groups in total. The van der Waals surface area contributed by atoms with Crippen molar-refractivity contribution >= 4 is 5.91 Å². The molecular formula is C26H33N3O3. The van der Waals surface area contributed by atoms with E-state index in [4.69, 9.17) is 9.15 Å². The number of benzene rings is 1. The molecule has 1 amide bonds. The van der Waals surface area contributed by atoms with Gasteiger partial charge in [0.2, 0.25) is 0 Å². The lowest BCUT2D eigenvalue weighted by atomic mass is 9.95. The Morgan fingerprint density at radius 2 is 1.94 bits per heavy atom. The maximum Gasteiger partial charge on any atom is 0.289 e. The van der Waals surface area contributed by atoms with E-state index in [1.54, 1.807) is 0 Å². The molecule has 3 heterocycles. The Morgan fingerprint density at radius 1 is 1.16 bits per heavy atom. The van der Waals surface area contributed by atoms with Crippen molar-refractivity contribution in [2.24, 2.45) is 0 Å². The van der Waals surface area contributed by atoms with Gasteiger partial charge in [0.15, 0.2) is 5.76 Å². The number of nitrogens with zero attached hydrogens (tertiary/aromatic N) is 3. The lowest BCUT2D eigenvalue weighted by Gasteiger charge is -2.31. The van der Waals surface area contributed by atoms with Gasteiger partial charge in [-0.1, -0.05) is 30.3 Å². The first-order valence-electron chi connectivity index (χ1n) is 11.6. The van der Waals surface area contributed by atoms with E-state index < -0.39 is 0 Å². The fourth-order valence-electron chi connectivity index (χ4n) is 4.30. The SMILES string of the molecule is Cc1cc(C(=O)N2CCC(c3nccn3CCCCOCc3ccccc3)CC2)oc1C. The molecular weight excluding hydrogens is 402 g/mol. The second kappa shape index (κ2) is 10.6. The molecule has 2 aromatic heterocycles. The molecule has 6 nitrogen and oxygen atoms in total. The van der Waals surface area contributed by atoms with Gasteiger partial charge >= 0.3 is 0 Å². The van der Waals surface area contributed by atoms with Crippen molar-refractivity contribution in [1.82, 2.24) is 14.5 Å². The van der Waals surface area contributed by atoms with Crippen molar-refractivity contribution in [2.75, 3.05) is 19.7 Å². The summed E-state index contributed by atoms with van der Waals surface area (Å²) in [6.07, 6.45) is 7.93. The number of aryl methyl sites for hydroxylation is 3. The molecule has 1 aliphatic heterocycles. The van der Waals surface area contributed by atoms with Crippen molar-refractivity contribution in [3.05, 3.63) is 77.3 Å². The molecule has 0 spiro atoms. The minimum absolute atomic E-state index is 0.00139. The third kappa shape index (κ3) is 5.49. The zero-order valence-corrected chi connectivity index (χ0v) is 19.1. The maximum atomic E-state index is 12.7. The van der Waals surface area contributed by atoms with Crippen LogP contribution in [0.4, 0.5) is 0 Å². The smallest absolute Gasteiger partial charge is 0.289 e. The van der Waals surface area contributed by atoms with Crippen LogP contribution in [0.1, 0.15) is 64.9 Å². The summed E-state index contributed by atoms with van der Waals surface area (Å²) in [5.41, 5.74) is 2.24. The van der Waals surface area contributed by atoms with Crippen LogP contribution in [0.15, 0.2) is 53.2 Å². The minimum atomic E-state index is -0.00139. The van der Waals surface area contributed by atoms with Crippen LogP contribution in [0.2, 0.25) is 0 Å². The van der Waals surface area contributed by atoms with E-state index in [0.717, 1.165) is 69.1 Å². The largest absolute Gasteiger partial charge is 0.456 e. The van der Waals surface area contributed by atoms with Gasteiger partial charge in [0.1, 0.15) is 11.6 Å². The molecule has 1 fully saturated rings. The summed E-state index contributed by atoms with van der Waals surface area (Å²) >= 11 is 0. The van der Waals surface area contributed by atoms with Gasteiger partial charge in [0.25, 0.3) is 5.91 Å². The third-order valence-corrected chi connectivity index (χ3v) is 6.32. The van der Waals surface area contributed by atoms with Crippen molar-refractivity contribution in [3.63, 3.8) is 0 Å². The third-order valence-electron chi connectivity index (χ3n) is 6.32. The summed E-state index contributed by atoms with van der Waals surface area (Å²) in [5.74, 6) is 2.80. The van der Waals surface area contributed by atoms with Gasteiger partial charge in [0.05, 0.1) is 6.61 Å². The number of imidazole rings is 1. The summed E-state index contributed by atoms with van der Waals surface area (Å²) in [7, 11) is 0. The van der Waals surface area contributed by atoms with Crippen LogP contribution in [0, 0.1) is 13.8 Å². The van der Waals surface area contributed by atoms with Crippen LogP contribution in [-0.2, 0) is 17.9 Å². The van der Waals surface area contributed by atoms with Gasteiger partial charge in [0, 0.05) is 44.6 Å². The van der Waals surface area contributed by atoms with Gasteiger partial charge in [-0.2, -0.15) is 0 Å². The first-order valence-corrected chi connectivity index (χ1v) is 11.6. The van der Waals surface area contributed by atoms with Crippen LogP contribution in [-0.4, -0.2) is 40.1 Å². The molecule has 170 valence electrons. The second-order valence-corrected chi connectivity index (χ2v) is 8.64. The van der Waals surface area contributed by atoms with Crippen LogP contribution in [0.5, 0.6) is 0 Å². The number of likely N-dealkylation sites (tertiary alicyclic amines) is 1. The molecule has 0 atom stereocenters. The summed E-state index contributed by atoms with van der Waals surface area (Å²) in [6, 6.07) is 12.1. The molecule has 0 unspecified atom stereocenters. The first-order chi connectivity index (χ1) is 15.6. The molecule has 1 aromatic carbocycles. The standard InChI is InChI=1S/C26H33N3O3/c1-20-18-24(32-21(20)2)26(30)29-14-10-23(11-15-29)25-27-12-16-28(25)13-6-7-17-31-19-22-8-4-3-5-9-22/h3-5,8-9,12,16,18,23H,6-7,10-11,13-15,17,19H2,1-2H3. The molecule has 3 aromatic rings. The second-order valence-electron chi connectivity index (χ2n) is 8.64. The molecule has 32 heavy (non-hydrogen) atoms. The summed E-state index contributed by atoms with van der Waals surface area (Å²) < 4.78 is 13.7. The minimum Gasteiger partial charge on any atom is -0.456 e. The van der Waals surface area contributed by atoms with Crippen molar-refractivity contribution in [2.45, 2.75) is 58.6 Å². The Labute approximate surface area is 190 Å². The van der Waals surface area contributed by atoms with E-state index >= 15 is 0 Å². The Morgan fingerprint density at radius 3 is 2.66 bits per heavy atom. The predicted octanol–water partition coefficient (Wildman–Crippen LogP) is 5.11. The Balaban J connectivity index is 1.20. The Kier molecular flexibility index (Phi) is 7.43. The molecule has 4 rings (SSSR count). The molecule has 0 aliphatic carbocycles. The highest BCUT2D eigenvalue weighted by Gasteiger charge is 2.28. The molecule has 1 saturated heterocycles. The number of hydrogen-bond donors (Lipinski definition) is 0. The van der Waals surface area contributed by atoms with Gasteiger partial charge in [-0.3, -0.25) is 4.79 Å². The predicted molar refractivity (Wildman–Crippen MR) is 124 cm³/mol. The van der Waals surface area contributed by atoms with Gasteiger partial charge < -0.3 is 18.6 Å². The van der Waals surface area contributed by atoms with Crippen molar-refractivity contribution in [1.29, 1.82) is 0 Å². The summed E-state index contributed by atoms with van der Waals surface area (Å²) in [4.78, 5) is 19.3. The number of amides is 1. The van der Waals surface area contributed by atoms with E-state index in [1.165, 1.54) is 5.56 Å². The number of piperidine rings is 1. The lowest BCUT2D eigenvalue weighted by Crippen LogP contribution is -2.38. The highest BCUT2D eigenvalue weighted by atomic mass is 16.5. The molecule has 1 aliphatic rings. The maximum absolute atomic E-state index is 12.7. The van der Waals surface area contributed by atoms with Crippen LogP contribution in [0.25, 0.3) is 0 Å². The summed E-state index contributed by atoms with van der Waals surface area (Å²) in [5, 5.41) is 0. The van der Waals surface area contributed by atoms with E-state index in [1.807, 2.05) is 49.2 Å². The lowest BCUT2D eigenvalue weighted by molar-refractivity contribution is 0.0676. The zero-order valence-electron chi connectivity index (χ0n) is 19.1. The molecule has 0 radical (unpaired) electrons. The number of hydrogen-bond acceptors (Lipinski definition) is 4. The quantitative estimate of drug-likeness (QED) is 0.438.